The highest BCUT2D eigenvalue weighted by Crippen LogP contribution is 2.51. The second kappa shape index (κ2) is 11.8. The summed E-state index contributed by atoms with van der Waals surface area (Å²) in [5.41, 5.74) is 0.113. The largest absolute Gasteiger partial charge is 0.353 e. The van der Waals surface area contributed by atoms with Crippen molar-refractivity contribution in [2.24, 2.45) is 23.2 Å². The molecule has 3 saturated heterocycles. The maximum absolute atomic E-state index is 6.61. The van der Waals surface area contributed by atoms with Crippen molar-refractivity contribution in [3.05, 3.63) is 12.2 Å². The van der Waals surface area contributed by atoms with E-state index in [4.69, 9.17) is 18.9 Å². The van der Waals surface area contributed by atoms with E-state index >= 15 is 0 Å². The summed E-state index contributed by atoms with van der Waals surface area (Å²) >= 11 is 4.29. The van der Waals surface area contributed by atoms with Crippen molar-refractivity contribution in [1.82, 2.24) is 0 Å². The first-order valence-corrected chi connectivity index (χ1v) is 16.1. The van der Waals surface area contributed by atoms with Crippen molar-refractivity contribution in [3.63, 3.8) is 0 Å². The molecule has 0 N–H and O–H groups in total. The van der Waals surface area contributed by atoms with Gasteiger partial charge in [0.15, 0.2) is 12.1 Å². The van der Waals surface area contributed by atoms with Gasteiger partial charge in [0.1, 0.15) is 0 Å². The minimum atomic E-state index is -0.380. The molecule has 4 nitrogen and oxygen atoms in total. The van der Waals surface area contributed by atoms with Crippen molar-refractivity contribution >= 4 is 23.5 Å². The van der Waals surface area contributed by atoms with Crippen LogP contribution in [0, 0.1) is 23.2 Å². The Bertz CT molecular complexity index is 655. The van der Waals surface area contributed by atoms with Crippen LogP contribution in [-0.2, 0) is 18.9 Å². The number of hydrogen-bond donors (Lipinski definition) is 0. The molecule has 34 heavy (non-hydrogen) atoms. The van der Waals surface area contributed by atoms with Gasteiger partial charge in [-0.25, -0.2) is 0 Å². The molecule has 4 atom stereocenters. The SMILES string of the molecule is CC1(C)COC2(CCC(/C=C/C(OC3CCCCO3)C3CCCC3)C2CCC2SCCS2)OC1. The number of rotatable bonds is 8. The van der Waals surface area contributed by atoms with Gasteiger partial charge in [-0.15, -0.1) is 23.5 Å². The topological polar surface area (TPSA) is 36.9 Å². The molecular formula is C28H46O4S2. The lowest BCUT2D eigenvalue weighted by atomic mass is 9.85. The summed E-state index contributed by atoms with van der Waals surface area (Å²) in [7, 11) is 0. The zero-order valence-corrected chi connectivity index (χ0v) is 23.0. The summed E-state index contributed by atoms with van der Waals surface area (Å²) in [6, 6.07) is 0. The van der Waals surface area contributed by atoms with Crippen LogP contribution < -0.4 is 0 Å². The molecule has 5 fully saturated rings. The fourth-order valence-electron chi connectivity index (χ4n) is 6.56. The molecule has 3 heterocycles. The molecule has 2 aliphatic carbocycles. The molecule has 194 valence electrons. The number of hydrogen-bond acceptors (Lipinski definition) is 6. The number of allylic oxidation sites excluding steroid dienone is 1. The molecule has 1 spiro atoms. The van der Waals surface area contributed by atoms with Crippen molar-refractivity contribution in [1.29, 1.82) is 0 Å². The van der Waals surface area contributed by atoms with Gasteiger partial charge in [0.05, 0.1) is 23.9 Å². The Kier molecular flexibility index (Phi) is 8.97. The van der Waals surface area contributed by atoms with E-state index in [2.05, 4.69) is 49.5 Å². The van der Waals surface area contributed by atoms with Crippen LogP contribution in [0.3, 0.4) is 0 Å². The Balaban J connectivity index is 1.28. The minimum Gasteiger partial charge on any atom is -0.353 e. The predicted molar refractivity (Wildman–Crippen MR) is 142 cm³/mol. The van der Waals surface area contributed by atoms with Gasteiger partial charge in [-0.1, -0.05) is 38.8 Å². The smallest absolute Gasteiger partial charge is 0.171 e. The van der Waals surface area contributed by atoms with E-state index in [1.54, 1.807) is 0 Å². The fourth-order valence-corrected chi connectivity index (χ4v) is 9.42. The van der Waals surface area contributed by atoms with Crippen LogP contribution in [0.1, 0.15) is 84.5 Å². The van der Waals surface area contributed by atoms with Crippen LogP contribution >= 0.6 is 23.5 Å². The summed E-state index contributed by atoms with van der Waals surface area (Å²) in [6.07, 6.45) is 18.4. The summed E-state index contributed by atoms with van der Waals surface area (Å²) < 4.78 is 26.5. The van der Waals surface area contributed by atoms with E-state index in [-0.39, 0.29) is 23.6 Å². The van der Waals surface area contributed by atoms with E-state index in [0.29, 0.717) is 17.8 Å². The van der Waals surface area contributed by atoms with E-state index < -0.39 is 0 Å². The average molecular weight is 511 g/mol. The summed E-state index contributed by atoms with van der Waals surface area (Å²) in [6.45, 7) is 6.97. The van der Waals surface area contributed by atoms with Crippen molar-refractivity contribution in [2.75, 3.05) is 31.3 Å². The van der Waals surface area contributed by atoms with Crippen LogP contribution in [0.4, 0.5) is 0 Å². The monoisotopic (exact) mass is 510 g/mol. The lowest BCUT2D eigenvalue weighted by Gasteiger charge is -2.45. The highest BCUT2D eigenvalue weighted by atomic mass is 32.2. The van der Waals surface area contributed by atoms with Gasteiger partial charge in [-0.05, 0) is 63.2 Å². The lowest BCUT2D eigenvalue weighted by molar-refractivity contribution is -0.316. The quantitative estimate of drug-likeness (QED) is 0.326. The molecule has 0 aromatic heterocycles. The number of ether oxygens (including phenoxy) is 4. The van der Waals surface area contributed by atoms with E-state index in [1.807, 2.05) is 0 Å². The fraction of sp³-hybridized carbons (Fsp3) is 0.929. The standard InChI is InChI=1S/C28H46O4S2/c1-27(2)19-30-28(31-20-27)15-14-21(23(28)11-13-26-33-17-18-34-26)10-12-24(22-7-3-4-8-22)32-25-9-5-6-16-29-25/h10,12,21-26H,3-9,11,13-20H2,1-2H3/b12-10+. The van der Waals surface area contributed by atoms with Crippen LogP contribution in [0.25, 0.3) is 0 Å². The molecule has 0 radical (unpaired) electrons. The van der Waals surface area contributed by atoms with Gasteiger partial charge >= 0.3 is 0 Å². The minimum absolute atomic E-state index is 0.0154. The first-order chi connectivity index (χ1) is 16.5. The molecule has 0 bridgehead atoms. The molecule has 2 saturated carbocycles. The summed E-state index contributed by atoms with van der Waals surface area (Å²) in [4.78, 5) is 0. The van der Waals surface area contributed by atoms with Crippen LogP contribution in [0.15, 0.2) is 12.2 Å². The third-order valence-electron chi connectivity index (χ3n) is 8.59. The molecule has 3 aliphatic heterocycles. The highest BCUT2D eigenvalue weighted by molar-refractivity contribution is 8.20. The third-order valence-corrected chi connectivity index (χ3v) is 11.8. The van der Waals surface area contributed by atoms with E-state index in [1.165, 1.54) is 62.9 Å². The molecule has 5 rings (SSSR count). The first-order valence-electron chi connectivity index (χ1n) is 14.0. The summed E-state index contributed by atoms with van der Waals surface area (Å²) in [5, 5.41) is 0. The Labute approximate surface area is 216 Å². The Morgan fingerprint density at radius 2 is 1.68 bits per heavy atom. The van der Waals surface area contributed by atoms with Crippen LogP contribution in [-0.4, -0.2) is 54.1 Å². The molecule has 0 aromatic rings. The summed E-state index contributed by atoms with van der Waals surface area (Å²) in [5.74, 6) is 3.83. The zero-order valence-electron chi connectivity index (χ0n) is 21.4. The maximum atomic E-state index is 6.61. The molecule has 5 aliphatic rings. The molecule has 4 unspecified atom stereocenters. The van der Waals surface area contributed by atoms with Crippen LogP contribution in [0.5, 0.6) is 0 Å². The van der Waals surface area contributed by atoms with Crippen molar-refractivity contribution in [2.45, 2.75) is 107 Å². The predicted octanol–water partition coefficient (Wildman–Crippen LogP) is 7.03. The Hall–Kier alpha value is 0.280. The van der Waals surface area contributed by atoms with Gasteiger partial charge in [-0.2, -0.15) is 0 Å². The average Bonchev–Trinajstić information content (AvgIpc) is 3.61. The van der Waals surface area contributed by atoms with Gasteiger partial charge in [-0.3, -0.25) is 0 Å². The van der Waals surface area contributed by atoms with Gasteiger partial charge in [0, 0.05) is 35.9 Å². The van der Waals surface area contributed by atoms with E-state index in [9.17, 15) is 0 Å². The molecule has 6 heteroatoms. The first kappa shape index (κ1) is 25.9. The van der Waals surface area contributed by atoms with Gasteiger partial charge < -0.3 is 18.9 Å². The Morgan fingerprint density at radius 3 is 2.38 bits per heavy atom. The molecule has 0 aromatic carbocycles. The molecular weight excluding hydrogens is 464 g/mol. The van der Waals surface area contributed by atoms with Crippen molar-refractivity contribution in [3.8, 4) is 0 Å². The van der Waals surface area contributed by atoms with E-state index in [0.717, 1.165) is 43.7 Å². The third kappa shape index (κ3) is 6.39. The Morgan fingerprint density at radius 1 is 0.941 bits per heavy atom. The second-order valence-corrected chi connectivity index (χ2v) is 14.9. The maximum Gasteiger partial charge on any atom is 0.171 e. The lowest BCUT2D eigenvalue weighted by Crippen LogP contribution is -2.50. The zero-order chi connectivity index (χ0) is 23.4. The second-order valence-electron chi connectivity index (χ2n) is 11.9. The van der Waals surface area contributed by atoms with Gasteiger partial charge in [0.2, 0.25) is 0 Å². The van der Waals surface area contributed by atoms with Crippen LogP contribution in [0.2, 0.25) is 0 Å². The highest BCUT2D eigenvalue weighted by Gasteiger charge is 2.53. The molecule has 0 amide bonds. The normalized spacial score (nSPS) is 35.5. The van der Waals surface area contributed by atoms with Crippen molar-refractivity contribution < 1.29 is 18.9 Å². The van der Waals surface area contributed by atoms with Gasteiger partial charge in [0.25, 0.3) is 0 Å². The number of thioether (sulfide) groups is 2.